The minimum Gasteiger partial charge on any atom is -0.325 e. The largest absolute Gasteiger partial charge is 0.325 e. The third-order valence-corrected chi connectivity index (χ3v) is 6.45. The van der Waals surface area contributed by atoms with E-state index in [2.05, 4.69) is 15.3 Å². The SMILES string of the molecule is O=C(CSc1nc(Cl)c2c3c(sc2n1)CCCC3)Nc1ccccc1. The fourth-order valence-corrected chi connectivity index (χ4v) is 5.36. The number of thioether (sulfide) groups is 1. The molecule has 0 atom stereocenters. The first-order valence-corrected chi connectivity index (χ1v) is 10.3. The zero-order valence-electron chi connectivity index (χ0n) is 13.4. The Kier molecular flexibility index (Phi) is 4.92. The third-order valence-electron chi connectivity index (χ3n) is 4.14. The van der Waals surface area contributed by atoms with Crippen molar-refractivity contribution in [3.8, 4) is 0 Å². The van der Waals surface area contributed by atoms with Crippen LogP contribution in [0.5, 0.6) is 0 Å². The summed E-state index contributed by atoms with van der Waals surface area (Å²) in [6.07, 6.45) is 4.59. The molecule has 0 saturated heterocycles. The predicted octanol–water partition coefficient (Wildman–Crippen LogP) is 4.95. The van der Waals surface area contributed by atoms with E-state index >= 15 is 0 Å². The number of halogens is 1. The second kappa shape index (κ2) is 7.32. The zero-order valence-corrected chi connectivity index (χ0v) is 15.8. The van der Waals surface area contributed by atoms with Crippen LogP contribution in [0.1, 0.15) is 23.3 Å². The molecule has 2 aromatic heterocycles. The first-order chi connectivity index (χ1) is 12.2. The second-order valence-corrected chi connectivity index (χ2v) is 8.28. The van der Waals surface area contributed by atoms with Crippen molar-refractivity contribution >= 4 is 56.5 Å². The number of aryl methyl sites for hydroxylation is 2. The van der Waals surface area contributed by atoms with Gasteiger partial charge in [-0.15, -0.1) is 11.3 Å². The standard InChI is InChI=1S/C18H16ClN3OS2/c19-16-15-12-8-4-5-9-13(12)25-17(15)22-18(21-16)24-10-14(23)20-11-6-2-1-3-7-11/h1-3,6-7H,4-5,8-10H2,(H,20,23). The third kappa shape index (κ3) is 3.66. The maximum absolute atomic E-state index is 12.1. The maximum Gasteiger partial charge on any atom is 0.234 e. The van der Waals surface area contributed by atoms with Gasteiger partial charge in [0.25, 0.3) is 0 Å². The Morgan fingerprint density at radius 1 is 1.20 bits per heavy atom. The molecule has 128 valence electrons. The van der Waals surface area contributed by atoms with Crippen molar-refractivity contribution < 1.29 is 4.79 Å². The van der Waals surface area contributed by atoms with Crippen LogP contribution in [0.3, 0.4) is 0 Å². The van der Waals surface area contributed by atoms with Crippen LogP contribution in [0.15, 0.2) is 35.5 Å². The van der Waals surface area contributed by atoms with Crippen molar-refractivity contribution in [2.75, 3.05) is 11.1 Å². The molecule has 0 unspecified atom stereocenters. The van der Waals surface area contributed by atoms with Gasteiger partial charge in [0.05, 0.1) is 11.1 Å². The molecule has 4 nitrogen and oxygen atoms in total. The fraction of sp³-hybridized carbons (Fsp3) is 0.278. The van der Waals surface area contributed by atoms with Crippen LogP contribution in [0.2, 0.25) is 5.15 Å². The Bertz CT molecular complexity index is 927. The lowest BCUT2D eigenvalue weighted by Crippen LogP contribution is -2.14. The van der Waals surface area contributed by atoms with Crippen LogP contribution in [0, 0.1) is 0 Å². The van der Waals surface area contributed by atoms with Gasteiger partial charge in [-0.2, -0.15) is 0 Å². The Morgan fingerprint density at radius 3 is 2.84 bits per heavy atom. The molecule has 0 bridgehead atoms. The van der Waals surface area contributed by atoms with Crippen molar-refractivity contribution in [3.63, 3.8) is 0 Å². The smallest absolute Gasteiger partial charge is 0.234 e. The van der Waals surface area contributed by atoms with E-state index in [1.54, 1.807) is 11.3 Å². The van der Waals surface area contributed by atoms with E-state index in [-0.39, 0.29) is 11.7 Å². The molecule has 3 aromatic rings. The molecule has 0 fully saturated rings. The lowest BCUT2D eigenvalue weighted by molar-refractivity contribution is -0.113. The van der Waals surface area contributed by atoms with E-state index in [0.29, 0.717) is 10.3 Å². The number of amides is 1. The van der Waals surface area contributed by atoms with Gasteiger partial charge in [-0.25, -0.2) is 9.97 Å². The first kappa shape index (κ1) is 16.8. The normalized spacial score (nSPS) is 13.6. The van der Waals surface area contributed by atoms with Gasteiger partial charge in [-0.05, 0) is 43.4 Å². The Hall–Kier alpha value is -1.63. The summed E-state index contributed by atoms with van der Waals surface area (Å²) in [7, 11) is 0. The van der Waals surface area contributed by atoms with Crippen molar-refractivity contribution in [3.05, 3.63) is 45.9 Å². The molecular formula is C18H16ClN3OS2. The second-order valence-electron chi connectivity index (χ2n) is 5.89. The molecule has 1 aliphatic rings. The Balaban J connectivity index is 1.49. The van der Waals surface area contributed by atoms with Crippen LogP contribution in [-0.2, 0) is 17.6 Å². The molecule has 1 aromatic carbocycles. The lowest BCUT2D eigenvalue weighted by atomic mass is 9.97. The van der Waals surface area contributed by atoms with Crippen molar-refractivity contribution in [1.82, 2.24) is 9.97 Å². The number of fused-ring (bicyclic) bond motifs is 3. The molecule has 25 heavy (non-hydrogen) atoms. The quantitative estimate of drug-likeness (QED) is 0.389. The molecule has 1 amide bonds. The van der Waals surface area contributed by atoms with Crippen molar-refractivity contribution in [2.24, 2.45) is 0 Å². The zero-order chi connectivity index (χ0) is 17.2. The van der Waals surface area contributed by atoms with Gasteiger partial charge in [-0.1, -0.05) is 41.6 Å². The van der Waals surface area contributed by atoms with E-state index in [1.807, 2.05) is 30.3 Å². The fourth-order valence-electron chi connectivity index (χ4n) is 3.01. The van der Waals surface area contributed by atoms with Gasteiger partial charge in [0, 0.05) is 10.6 Å². The minimum absolute atomic E-state index is 0.0820. The van der Waals surface area contributed by atoms with Crippen molar-refractivity contribution in [1.29, 1.82) is 0 Å². The summed E-state index contributed by atoms with van der Waals surface area (Å²) in [5.41, 5.74) is 2.11. The summed E-state index contributed by atoms with van der Waals surface area (Å²) < 4.78 is 0. The molecular weight excluding hydrogens is 374 g/mol. The number of hydrogen-bond acceptors (Lipinski definition) is 5. The summed E-state index contributed by atoms with van der Waals surface area (Å²) in [5.74, 6) is 0.170. The number of carbonyl (C=O) groups excluding carboxylic acids is 1. The number of aromatic nitrogens is 2. The van der Waals surface area contributed by atoms with E-state index < -0.39 is 0 Å². The summed E-state index contributed by atoms with van der Waals surface area (Å²) in [6, 6.07) is 9.41. The molecule has 4 rings (SSSR count). The molecule has 0 saturated carbocycles. The highest BCUT2D eigenvalue weighted by molar-refractivity contribution is 7.99. The molecule has 7 heteroatoms. The summed E-state index contributed by atoms with van der Waals surface area (Å²) in [4.78, 5) is 23.4. The molecule has 0 spiro atoms. The van der Waals surface area contributed by atoms with Gasteiger partial charge in [0.1, 0.15) is 9.98 Å². The van der Waals surface area contributed by atoms with Gasteiger partial charge in [-0.3, -0.25) is 4.79 Å². The number of hydrogen-bond donors (Lipinski definition) is 1. The number of rotatable bonds is 4. The van der Waals surface area contributed by atoms with E-state index in [1.165, 1.54) is 35.0 Å². The van der Waals surface area contributed by atoms with E-state index in [0.717, 1.165) is 28.7 Å². The van der Waals surface area contributed by atoms with Crippen molar-refractivity contribution in [2.45, 2.75) is 30.8 Å². The predicted molar refractivity (Wildman–Crippen MR) is 105 cm³/mol. The number of anilines is 1. The van der Waals surface area contributed by atoms with Gasteiger partial charge in [0.15, 0.2) is 5.16 Å². The van der Waals surface area contributed by atoms with Crippen LogP contribution in [0.25, 0.3) is 10.2 Å². The van der Waals surface area contributed by atoms with Crippen LogP contribution in [0.4, 0.5) is 5.69 Å². The van der Waals surface area contributed by atoms with Gasteiger partial charge >= 0.3 is 0 Å². The number of carbonyl (C=O) groups is 1. The van der Waals surface area contributed by atoms with E-state index in [9.17, 15) is 4.79 Å². The number of para-hydroxylation sites is 1. The highest BCUT2D eigenvalue weighted by Gasteiger charge is 2.20. The summed E-state index contributed by atoms with van der Waals surface area (Å²) >= 11 is 9.45. The maximum atomic E-state index is 12.1. The van der Waals surface area contributed by atoms with Gasteiger partial charge in [0.2, 0.25) is 5.91 Å². The molecule has 0 aliphatic heterocycles. The minimum atomic E-state index is -0.0820. The highest BCUT2D eigenvalue weighted by Crippen LogP contribution is 2.39. The van der Waals surface area contributed by atoms with E-state index in [4.69, 9.17) is 11.6 Å². The summed E-state index contributed by atoms with van der Waals surface area (Å²) in [6.45, 7) is 0. The molecule has 1 aliphatic carbocycles. The van der Waals surface area contributed by atoms with Crippen LogP contribution in [-0.4, -0.2) is 21.6 Å². The number of thiophene rings is 1. The Labute approximate surface area is 159 Å². The molecule has 1 N–H and O–H groups in total. The number of nitrogens with zero attached hydrogens (tertiary/aromatic N) is 2. The Morgan fingerprint density at radius 2 is 2.00 bits per heavy atom. The highest BCUT2D eigenvalue weighted by atomic mass is 35.5. The molecule has 2 heterocycles. The van der Waals surface area contributed by atoms with Crippen LogP contribution < -0.4 is 5.32 Å². The first-order valence-electron chi connectivity index (χ1n) is 8.16. The average Bonchev–Trinajstić information content (AvgIpc) is 2.99. The number of benzene rings is 1. The molecule has 0 radical (unpaired) electrons. The summed E-state index contributed by atoms with van der Waals surface area (Å²) in [5, 5.41) is 4.94. The number of nitrogens with one attached hydrogen (secondary N) is 1. The topological polar surface area (TPSA) is 54.9 Å². The lowest BCUT2D eigenvalue weighted by Gasteiger charge is -2.10. The monoisotopic (exact) mass is 389 g/mol. The van der Waals surface area contributed by atoms with Crippen LogP contribution >= 0.6 is 34.7 Å². The average molecular weight is 390 g/mol. The van der Waals surface area contributed by atoms with Gasteiger partial charge < -0.3 is 5.32 Å².